The molecule has 11 heavy (non-hydrogen) atoms. The summed E-state index contributed by atoms with van der Waals surface area (Å²) in [6.45, 7) is 1.88. The molecular formula is C8H9FIN. The van der Waals surface area contributed by atoms with E-state index in [0.717, 1.165) is 9.13 Å². The Morgan fingerprint density at radius 3 is 2.64 bits per heavy atom. The lowest BCUT2D eigenvalue weighted by atomic mass is 10.1. The Hall–Kier alpha value is -0.160. The van der Waals surface area contributed by atoms with Crippen LogP contribution in [0, 0.1) is 9.39 Å². The molecule has 0 aromatic heterocycles. The van der Waals surface area contributed by atoms with Gasteiger partial charge in [0.2, 0.25) is 0 Å². The van der Waals surface area contributed by atoms with Gasteiger partial charge in [0, 0.05) is 9.61 Å². The first-order valence-corrected chi connectivity index (χ1v) is 4.39. The largest absolute Gasteiger partial charge is 0.324 e. The Balaban J connectivity index is 3.09. The van der Waals surface area contributed by atoms with E-state index in [1.165, 1.54) is 12.1 Å². The van der Waals surface area contributed by atoms with Crippen LogP contribution in [-0.4, -0.2) is 0 Å². The normalized spacial score (nSPS) is 13.1. The summed E-state index contributed by atoms with van der Waals surface area (Å²) in [5.41, 5.74) is 6.63. The van der Waals surface area contributed by atoms with Gasteiger partial charge in [0.1, 0.15) is 5.82 Å². The summed E-state index contributed by atoms with van der Waals surface area (Å²) < 4.78 is 13.5. The maximum atomic E-state index is 12.6. The molecule has 0 saturated heterocycles. The second-order valence-electron chi connectivity index (χ2n) is 2.45. The zero-order valence-electron chi connectivity index (χ0n) is 6.14. The van der Waals surface area contributed by atoms with Crippen LogP contribution >= 0.6 is 22.6 Å². The predicted octanol–water partition coefficient (Wildman–Crippen LogP) is 2.45. The van der Waals surface area contributed by atoms with Crippen molar-refractivity contribution in [1.29, 1.82) is 0 Å². The second kappa shape index (κ2) is 3.49. The van der Waals surface area contributed by atoms with Gasteiger partial charge in [-0.05, 0) is 47.2 Å². The van der Waals surface area contributed by atoms with Crippen molar-refractivity contribution < 1.29 is 4.39 Å². The van der Waals surface area contributed by atoms with E-state index in [1.807, 2.05) is 6.92 Å². The number of hydrogen-bond acceptors (Lipinski definition) is 1. The van der Waals surface area contributed by atoms with Gasteiger partial charge in [-0.15, -0.1) is 0 Å². The van der Waals surface area contributed by atoms with Gasteiger partial charge in [-0.3, -0.25) is 0 Å². The van der Waals surface area contributed by atoms with Gasteiger partial charge in [-0.25, -0.2) is 4.39 Å². The molecule has 0 radical (unpaired) electrons. The summed E-state index contributed by atoms with van der Waals surface area (Å²) in [5, 5.41) is 0. The zero-order valence-corrected chi connectivity index (χ0v) is 8.30. The Labute approximate surface area is 78.9 Å². The molecule has 2 N–H and O–H groups in total. The molecule has 1 aromatic rings. The van der Waals surface area contributed by atoms with Crippen LogP contribution in [0.2, 0.25) is 0 Å². The number of nitrogens with two attached hydrogens (primary N) is 1. The predicted molar refractivity (Wildman–Crippen MR) is 51.7 cm³/mol. The molecule has 0 heterocycles. The van der Waals surface area contributed by atoms with Crippen LogP contribution in [0.4, 0.5) is 4.39 Å². The monoisotopic (exact) mass is 265 g/mol. The standard InChI is InChI=1S/C8H9FIN/c1-5(11)7-3-2-6(9)4-8(7)10/h2-5H,11H2,1H3/t5-/m1/s1. The van der Waals surface area contributed by atoms with Gasteiger partial charge in [0.05, 0.1) is 0 Å². The molecule has 1 aromatic carbocycles. The minimum Gasteiger partial charge on any atom is -0.324 e. The summed E-state index contributed by atoms with van der Waals surface area (Å²) in [7, 11) is 0. The van der Waals surface area contributed by atoms with Crippen LogP contribution in [-0.2, 0) is 0 Å². The van der Waals surface area contributed by atoms with E-state index in [1.54, 1.807) is 6.07 Å². The van der Waals surface area contributed by atoms with E-state index in [4.69, 9.17) is 5.73 Å². The maximum Gasteiger partial charge on any atom is 0.124 e. The van der Waals surface area contributed by atoms with Crippen molar-refractivity contribution in [1.82, 2.24) is 0 Å². The van der Waals surface area contributed by atoms with Crippen molar-refractivity contribution >= 4 is 22.6 Å². The molecular weight excluding hydrogens is 256 g/mol. The van der Waals surface area contributed by atoms with Gasteiger partial charge >= 0.3 is 0 Å². The Morgan fingerprint density at radius 2 is 2.18 bits per heavy atom. The lowest BCUT2D eigenvalue weighted by Gasteiger charge is -2.07. The summed E-state index contributed by atoms with van der Waals surface area (Å²) in [6, 6.07) is 4.62. The van der Waals surface area contributed by atoms with Gasteiger partial charge in [0.25, 0.3) is 0 Å². The van der Waals surface area contributed by atoms with E-state index in [2.05, 4.69) is 22.6 Å². The zero-order chi connectivity index (χ0) is 8.43. The quantitative estimate of drug-likeness (QED) is 0.775. The van der Waals surface area contributed by atoms with Gasteiger partial charge < -0.3 is 5.73 Å². The molecule has 1 nitrogen and oxygen atoms in total. The van der Waals surface area contributed by atoms with Crippen molar-refractivity contribution in [3.8, 4) is 0 Å². The molecule has 0 aliphatic rings. The van der Waals surface area contributed by atoms with E-state index in [0.29, 0.717) is 0 Å². The third-order valence-corrected chi connectivity index (χ3v) is 2.39. The van der Waals surface area contributed by atoms with Crippen LogP contribution in [0.15, 0.2) is 18.2 Å². The van der Waals surface area contributed by atoms with E-state index in [9.17, 15) is 4.39 Å². The Bertz CT molecular complexity index is 260. The molecule has 0 amide bonds. The third-order valence-electron chi connectivity index (χ3n) is 1.45. The fourth-order valence-corrected chi connectivity index (χ4v) is 1.84. The topological polar surface area (TPSA) is 26.0 Å². The van der Waals surface area contributed by atoms with Gasteiger partial charge in [0.15, 0.2) is 0 Å². The molecule has 0 fully saturated rings. The van der Waals surface area contributed by atoms with Crippen molar-refractivity contribution in [2.45, 2.75) is 13.0 Å². The number of rotatable bonds is 1. The molecule has 0 aliphatic carbocycles. The third kappa shape index (κ3) is 2.13. The second-order valence-corrected chi connectivity index (χ2v) is 3.62. The maximum absolute atomic E-state index is 12.6. The van der Waals surface area contributed by atoms with Gasteiger partial charge in [-0.1, -0.05) is 6.07 Å². The summed E-state index contributed by atoms with van der Waals surface area (Å²) >= 11 is 2.08. The number of halogens is 2. The summed E-state index contributed by atoms with van der Waals surface area (Å²) in [5.74, 6) is -0.209. The molecule has 1 rings (SSSR count). The molecule has 0 aliphatic heterocycles. The first-order chi connectivity index (χ1) is 5.11. The fourth-order valence-electron chi connectivity index (χ4n) is 0.871. The van der Waals surface area contributed by atoms with E-state index >= 15 is 0 Å². The molecule has 0 saturated carbocycles. The van der Waals surface area contributed by atoms with Crippen molar-refractivity contribution in [3.63, 3.8) is 0 Å². The lowest BCUT2D eigenvalue weighted by Crippen LogP contribution is -2.06. The van der Waals surface area contributed by atoms with Crippen LogP contribution in [0.1, 0.15) is 18.5 Å². The number of hydrogen-bond donors (Lipinski definition) is 1. The molecule has 0 spiro atoms. The van der Waals surface area contributed by atoms with E-state index < -0.39 is 0 Å². The van der Waals surface area contributed by atoms with Crippen LogP contribution < -0.4 is 5.73 Å². The minimum absolute atomic E-state index is 0.0255. The Kier molecular flexibility index (Phi) is 2.84. The highest BCUT2D eigenvalue weighted by Crippen LogP contribution is 2.18. The lowest BCUT2D eigenvalue weighted by molar-refractivity contribution is 0.624. The molecule has 0 bridgehead atoms. The average Bonchev–Trinajstić information content (AvgIpc) is 1.85. The van der Waals surface area contributed by atoms with Crippen LogP contribution in [0.25, 0.3) is 0 Å². The SMILES string of the molecule is C[C@@H](N)c1ccc(F)cc1I. The highest BCUT2D eigenvalue weighted by atomic mass is 127. The highest BCUT2D eigenvalue weighted by molar-refractivity contribution is 14.1. The minimum atomic E-state index is -0.209. The molecule has 1 atom stereocenters. The fraction of sp³-hybridized carbons (Fsp3) is 0.250. The Morgan fingerprint density at radius 1 is 1.55 bits per heavy atom. The van der Waals surface area contributed by atoms with Crippen LogP contribution in [0.5, 0.6) is 0 Å². The highest BCUT2D eigenvalue weighted by Gasteiger charge is 2.04. The first-order valence-electron chi connectivity index (χ1n) is 3.32. The van der Waals surface area contributed by atoms with Crippen LogP contribution in [0.3, 0.4) is 0 Å². The molecule has 60 valence electrons. The summed E-state index contributed by atoms with van der Waals surface area (Å²) in [6.07, 6.45) is 0. The van der Waals surface area contributed by atoms with Crippen molar-refractivity contribution in [2.75, 3.05) is 0 Å². The number of benzene rings is 1. The van der Waals surface area contributed by atoms with E-state index in [-0.39, 0.29) is 11.9 Å². The van der Waals surface area contributed by atoms with Crippen molar-refractivity contribution in [2.24, 2.45) is 5.73 Å². The molecule has 0 unspecified atom stereocenters. The first kappa shape index (κ1) is 8.93. The summed E-state index contributed by atoms with van der Waals surface area (Å²) in [4.78, 5) is 0. The molecule has 3 heteroatoms. The average molecular weight is 265 g/mol. The van der Waals surface area contributed by atoms with Crippen molar-refractivity contribution in [3.05, 3.63) is 33.1 Å². The van der Waals surface area contributed by atoms with Gasteiger partial charge in [-0.2, -0.15) is 0 Å². The smallest absolute Gasteiger partial charge is 0.124 e.